The van der Waals surface area contributed by atoms with Gasteiger partial charge in [-0.15, -0.1) is 0 Å². The average molecular weight is 281 g/mol. The number of benzene rings is 1. The Hall–Kier alpha value is -1.73. The van der Waals surface area contributed by atoms with Crippen LogP contribution >= 0.6 is 0 Å². The van der Waals surface area contributed by atoms with Crippen LogP contribution in [0, 0.1) is 0 Å². The summed E-state index contributed by atoms with van der Waals surface area (Å²) in [6, 6.07) is 7.37. The molecule has 0 aliphatic heterocycles. The second-order valence-corrected chi connectivity index (χ2v) is 6.70. The monoisotopic (exact) mass is 281 g/mol. The summed E-state index contributed by atoms with van der Waals surface area (Å²) >= 11 is 0. The smallest absolute Gasteiger partial charge is 0.257 e. The van der Waals surface area contributed by atoms with Crippen LogP contribution in [-0.4, -0.2) is 24.8 Å². The number of aromatic nitrogens is 2. The molecule has 1 unspecified atom stereocenters. The molecule has 2 aromatic rings. The third-order valence-corrected chi connectivity index (χ3v) is 4.35. The second-order valence-electron chi connectivity index (χ2n) is 4.33. The maximum Gasteiger partial charge on any atom is 0.257 e. The topological polar surface area (TPSA) is 99.1 Å². The summed E-state index contributed by atoms with van der Waals surface area (Å²) in [7, 11) is -3.24. The van der Waals surface area contributed by atoms with Gasteiger partial charge in [-0.1, -0.05) is 17.3 Å². The van der Waals surface area contributed by atoms with E-state index >= 15 is 0 Å². The number of nitrogens with two attached hydrogens (primary N) is 1. The largest absolute Gasteiger partial charge is 0.334 e. The number of hydrogen-bond donors (Lipinski definition) is 1. The zero-order valence-electron chi connectivity index (χ0n) is 10.7. The summed E-state index contributed by atoms with van der Waals surface area (Å²) in [6.45, 7) is 1.94. The van der Waals surface area contributed by atoms with E-state index in [0.717, 1.165) is 17.4 Å². The first-order valence-corrected chi connectivity index (χ1v) is 7.69. The lowest BCUT2D eigenvalue weighted by Gasteiger charge is -2.02. The third-order valence-electron chi connectivity index (χ3n) is 2.86. The van der Waals surface area contributed by atoms with Crippen molar-refractivity contribution in [3.63, 3.8) is 0 Å². The highest BCUT2D eigenvalue weighted by Crippen LogP contribution is 2.23. The average Bonchev–Trinajstić information content (AvgIpc) is 2.86. The molecule has 6 nitrogen and oxygen atoms in total. The molecule has 0 saturated heterocycles. The van der Waals surface area contributed by atoms with E-state index in [0.29, 0.717) is 12.4 Å². The highest BCUT2D eigenvalue weighted by Gasteiger charge is 2.23. The van der Waals surface area contributed by atoms with Crippen LogP contribution in [0.3, 0.4) is 0 Å². The zero-order chi connectivity index (χ0) is 14.0. The van der Waals surface area contributed by atoms with Crippen molar-refractivity contribution >= 4 is 9.84 Å². The first-order valence-electron chi connectivity index (χ1n) is 5.73. The fourth-order valence-electron chi connectivity index (χ4n) is 1.54. The molecule has 0 fully saturated rings. The number of rotatable bonds is 4. The molecule has 0 radical (unpaired) electrons. The Bertz CT molecular complexity index is 679. The number of sulfone groups is 1. The molecule has 102 valence electrons. The van der Waals surface area contributed by atoms with Crippen molar-refractivity contribution in [1.82, 2.24) is 10.1 Å². The van der Waals surface area contributed by atoms with Crippen molar-refractivity contribution in [2.24, 2.45) is 5.73 Å². The summed E-state index contributed by atoms with van der Waals surface area (Å²) in [5.41, 5.74) is 7.22. The van der Waals surface area contributed by atoms with Gasteiger partial charge in [-0.3, -0.25) is 0 Å². The van der Waals surface area contributed by atoms with Gasteiger partial charge in [0.25, 0.3) is 5.89 Å². The third kappa shape index (κ3) is 2.99. The normalized spacial score (nSPS) is 13.4. The summed E-state index contributed by atoms with van der Waals surface area (Å²) in [5.74, 6) is 0.455. The number of nitrogens with zero attached hydrogens (tertiary/aromatic N) is 2. The Balaban J connectivity index is 2.35. The van der Waals surface area contributed by atoms with Gasteiger partial charge in [0, 0.05) is 18.4 Å². The van der Waals surface area contributed by atoms with Crippen LogP contribution in [0.15, 0.2) is 28.8 Å². The molecule has 0 aliphatic rings. The molecule has 1 aromatic carbocycles. The molecular formula is C12H15N3O3S. The van der Waals surface area contributed by atoms with Crippen LogP contribution < -0.4 is 5.73 Å². The van der Waals surface area contributed by atoms with Gasteiger partial charge in [-0.05, 0) is 24.6 Å². The first-order chi connectivity index (χ1) is 8.91. The van der Waals surface area contributed by atoms with Crippen LogP contribution in [-0.2, 0) is 16.4 Å². The fourth-order valence-corrected chi connectivity index (χ4v) is 2.02. The van der Waals surface area contributed by atoms with Crippen molar-refractivity contribution in [2.45, 2.75) is 18.7 Å². The predicted molar refractivity (Wildman–Crippen MR) is 70.9 cm³/mol. The minimum absolute atomic E-state index is 0.163. The van der Waals surface area contributed by atoms with Crippen LogP contribution in [0.25, 0.3) is 11.5 Å². The summed E-state index contributed by atoms with van der Waals surface area (Å²) in [6.07, 6.45) is 1.14. The minimum Gasteiger partial charge on any atom is -0.334 e. The van der Waals surface area contributed by atoms with Gasteiger partial charge in [-0.2, -0.15) is 4.98 Å². The molecule has 0 amide bonds. The van der Waals surface area contributed by atoms with E-state index in [2.05, 4.69) is 10.1 Å². The lowest BCUT2D eigenvalue weighted by Crippen LogP contribution is -2.09. The van der Waals surface area contributed by atoms with E-state index in [1.807, 2.05) is 24.3 Å². The quantitative estimate of drug-likeness (QED) is 0.906. The van der Waals surface area contributed by atoms with Crippen LogP contribution in [0.2, 0.25) is 0 Å². The van der Waals surface area contributed by atoms with Crippen LogP contribution in [0.1, 0.15) is 23.6 Å². The summed E-state index contributed by atoms with van der Waals surface area (Å²) in [5, 5.41) is 2.93. The SMILES string of the molecule is CC(c1noc(-c2cccc(CN)c2)n1)S(C)(=O)=O. The molecule has 7 heteroatoms. The minimum atomic E-state index is -3.24. The van der Waals surface area contributed by atoms with Crippen molar-refractivity contribution in [3.05, 3.63) is 35.7 Å². The molecule has 0 bridgehead atoms. The number of hydrogen-bond acceptors (Lipinski definition) is 6. The van der Waals surface area contributed by atoms with E-state index in [4.69, 9.17) is 10.3 Å². The first kappa shape index (κ1) is 13.7. The molecular weight excluding hydrogens is 266 g/mol. The molecule has 1 heterocycles. The van der Waals surface area contributed by atoms with E-state index < -0.39 is 15.1 Å². The summed E-state index contributed by atoms with van der Waals surface area (Å²) < 4.78 is 28.0. The van der Waals surface area contributed by atoms with Gasteiger partial charge < -0.3 is 10.3 Å². The van der Waals surface area contributed by atoms with E-state index in [9.17, 15) is 8.42 Å². The van der Waals surface area contributed by atoms with Gasteiger partial charge in [-0.25, -0.2) is 8.42 Å². The van der Waals surface area contributed by atoms with E-state index in [1.165, 1.54) is 6.92 Å². The highest BCUT2D eigenvalue weighted by molar-refractivity contribution is 7.90. The Morgan fingerprint density at radius 1 is 1.42 bits per heavy atom. The van der Waals surface area contributed by atoms with Gasteiger partial charge in [0.1, 0.15) is 5.25 Å². The van der Waals surface area contributed by atoms with Gasteiger partial charge in [0.2, 0.25) is 0 Å². The van der Waals surface area contributed by atoms with E-state index in [-0.39, 0.29) is 5.82 Å². The molecule has 1 aromatic heterocycles. The molecule has 0 aliphatic carbocycles. The lowest BCUT2D eigenvalue weighted by molar-refractivity contribution is 0.421. The van der Waals surface area contributed by atoms with Crippen molar-refractivity contribution in [2.75, 3.05) is 6.26 Å². The van der Waals surface area contributed by atoms with Gasteiger partial charge in [0.05, 0.1) is 0 Å². The Morgan fingerprint density at radius 2 is 2.16 bits per heavy atom. The van der Waals surface area contributed by atoms with Crippen molar-refractivity contribution < 1.29 is 12.9 Å². The van der Waals surface area contributed by atoms with Gasteiger partial charge >= 0.3 is 0 Å². The maximum absolute atomic E-state index is 11.4. The van der Waals surface area contributed by atoms with Crippen molar-refractivity contribution in [3.8, 4) is 11.5 Å². The highest BCUT2D eigenvalue weighted by atomic mass is 32.2. The Morgan fingerprint density at radius 3 is 2.79 bits per heavy atom. The maximum atomic E-state index is 11.4. The van der Waals surface area contributed by atoms with Gasteiger partial charge in [0.15, 0.2) is 15.7 Å². The molecule has 2 N–H and O–H groups in total. The molecule has 19 heavy (non-hydrogen) atoms. The lowest BCUT2D eigenvalue weighted by atomic mass is 10.1. The molecule has 0 spiro atoms. The fraction of sp³-hybridized carbons (Fsp3) is 0.333. The summed E-state index contributed by atoms with van der Waals surface area (Å²) in [4.78, 5) is 4.12. The van der Waals surface area contributed by atoms with Crippen LogP contribution in [0.4, 0.5) is 0 Å². The molecule has 0 saturated carbocycles. The van der Waals surface area contributed by atoms with Crippen LogP contribution in [0.5, 0.6) is 0 Å². The molecule has 1 atom stereocenters. The Labute approximate surface area is 111 Å². The zero-order valence-corrected chi connectivity index (χ0v) is 11.5. The predicted octanol–water partition coefficient (Wildman–Crippen LogP) is 1.30. The van der Waals surface area contributed by atoms with Crippen molar-refractivity contribution in [1.29, 1.82) is 0 Å². The Kier molecular flexibility index (Phi) is 3.68. The molecule has 2 rings (SSSR count). The standard InChI is InChI=1S/C12H15N3O3S/c1-8(19(2,16)17)11-14-12(18-15-11)10-5-3-4-9(6-10)7-13/h3-6,8H,7,13H2,1-2H3. The van der Waals surface area contributed by atoms with E-state index in [1.54, 1.807) is 0 Å². The second kappa shape index (κ2) is 5.10.